The summed E-state index contributed by atoms with van der Waals surface area (Å²) in [4.78, 5) is 22.7. The number of aromatic amines is 1. The third-order valence-corrected chi connectivity index (χ3v) is 11.9. The first-order chi connectivity index (χ1) is 18.2. The predicted molar refractivity (Wildman–Crippen MR) is 161 cm³/mol. The summed E-state index contributed by atoms with van der Waals surface area (Å²) in [6.07, 6.45) is 2.15. The molecule has 4 aromatic carbocycles. The van der Waals surface area contributed by atoms with Crippen LogP contribution in [0.3, 0.4) is 0 Å². The molecule has 1 N–H and O–H groups in total. The number of benzene rings is 4. The maximum Gasteiger partial charge on any atom is 0.296 e. The van der Waals surface area contributed by atoms with E-state index in [4.69, 9.17) is 4.98 Å². The second-order valence-electron chi connectivity index (χ2n) is 8.81. The quantitative estimate of drug-likeness (QED) is 0.0880. The summed E-state index contributed by atoms with van der Waals surface area (Å²) in [7, 11) is -2.57. The highest BCUT2D eigenvalue weighted by Gasteiger charge is 2.52. The topological polar surface area (TPSA) is 45.8 Å². The van der Waals surface area contributed by atoms with E-state index in [1.807, 2.05) is 48.5 Å². The van der Waals surface area contributed by atoms with E-state index in [1.165, 1.54) is 0 Å². The minimum absolute atomic E-state index is 0. The van der Waals surface area contributed by atoms with Gasteiger partial charge in [-0.2, -0.15) is 0 Å². The number of hydrogen-bond donors (Lipinski definition) is 1. The van der Waals surface area contributed by atoms with Gasteiger partial charge in [-0.25, -0.2) is 4.98 Å². The number of hydrogen-bond acceptors (Lipinski definition) is 3. The lowest BCUT2D eigenvalue weighted by molar-refractivity contribution is -0.00000733. The van der Waals surface area contributed by atoms with Gasteiger partial charge >= 0.3 is 0 Å². The lowest BCUT2D eigenvalue weighted by Crippen LogP contribution is -3.00. The van der Waals surface area contributed by atoms with Crippen molar-refractivity contribution < 1.29 is 24.0 Å². The molecule has 0 fully saturated rings. The average molecular weight is 649 g/mol. The van der Waals surface area contributed by atoms with Gasteiger partial charge in [0, 0.05) is 5.56 Å². The molecule has 0 aliphatic heterocycles. The number of unbranched alkanes of at least 4 members (excludes halogenated alkanes) is 1. The van der Waals surface area contributed by atoms with Gasteiger partial charge in [-0.05, 0) is 48.6 Å². The van der Waals surface area contributed by atoms with Gasteiger partial charge in [0.15, 0.2) is 7.26 Å². The van der Waals surface area contributed by atoms with Crippen LogP contribution in [0.5, 0.6) is 0 Å². The minimum Gasteiger partial charge on any atom is -1.00 e. The second-order valence-corrected chi connectivity index (χ2v) is 13.2. The molecule has 0 aliphatic rings. The molecule has 0 atom stereocenters. The van der Waals surface area contributed by atoms with Crippen molar-refractivity contribution in [3.05, 3.63) is 132 Å². The first kappa shape index (κ1) is 28.3. The van der Waals surface area contributed by atoms with Crippen LogP contribution in [0.25, 0.3) is 11.4 Å². The molecule has 6 heteroatoms. The highest BCUT2D eigenvalue weighted by Crippen LogP contribution is 2.54. The number of nitrogens with zero attached hydrogens (tertiary/aromatic N) is 1. The van der Waals surface area contributed by atoms with Crippen LogP contribution in [0.15, 0.2) is 131 Å². The van der Waals surface area contributed by atoms with Crippen LogP contribution in [0, 0.1) is 0 Å². The van der Waals surface area contributed by atoms with Crippen LogP contribution in [0.4, 0.5) is 0 Å². The summed E-state index contributed by atoms with van der Waals surface area (Å²) >= 11 is 1.70. The normalized spacial score (nSPS) is 11.1. The molecule has 38 heavy (non-hydrogen) atoms. The maximum absolute atomic E-state index is 14.4. The molecule has 0 saturated carbocycles. The monoisotopic (exact) mass is 648 g/mol. The zero-order valence-corrected chi connectivity index (χ0v) is 25.1. The Morgan fingerprint density at radius 3 is 1.61 bits per heavy atom. The Labute approximate surface area is 246 Å². The molecular formula is C32H30IN2OPS. The van der Waals surface area contributed by atoms with Crippen molar-refractivity contribution in [3.63, 3.8) is 0 Å². The molecule has 1 heterocycles. The van der Waals surface area contributed by atoms with E-state index in [9.17, 15) is 4.79 Å². The van der Waals surface area contributed by atoms with E-state index >= 15 is 0 Å². The van der Waals surface area contributed by atoms with Gasteiger partial charge in [0.1, 0.15) is 26.8 Å². The Morgan fingerprint density at radius 2 is 1.16 bits per heavy atom. The first-order valence-corrected chi connectivity index (χ1v) is 15.4. The Hall–Kier alpha value is -2.73. The summed E-state index contributed by atoms with van der Waals surface area (Å²) in [6, 6.07) is 41.4. The number of thioether (sulfide) groups is 1. The fraction of sp³-hybridized carbons (Fsp3) is 0.125. The van der Waals surface area contributed by atoms with Crippen molar-refractivity contribution in [2.75, 3.05) is 5.75 Å². The second kappa shape index (κ2) is 13.4. The van der Waals surface area contributed by atoms with Gasteiger partial charge in [-0.1, -0.05) is 98.3 Å². The third kappa shape index (κ3) is 5.66. The maximum atomic E-state index is 14.4. The Morgan fingerprint density at radius 1 is 0.711 bits per heavy atom. The third-order valence-electron chi connectivity index (χ3n) is 6.41. The molecule has 0 unspecified atom stereocenters. The molecular weight excluding hydrogens is 618 g/mol. The summed E-state index contributed by atoms with van der Waals surface area (Å²) in [5, 5.41) is 5.02. The van der Waals surface area contributed by atoms with Crippen molar-refractivity contribution in [3.8, 4) is 11.4 Å². The van der Waals surface area contributed by atoms with Crippen molar-refractivity contribution in [2.24, 2.45) is 0 Å². The molecule has 5 rings (SSSR count). The van der Waals surface area contributed by atoms with Crippen LogP contribution >= 0.6 is 19.0 Å². The van der Waals surface area contributed by atoms with Crippen LogP contribution < -0.4 is 50.8 Å². The van der Waals surface area contributed by atoms with E-state index in [-0.39, 0.29) is 29.5 Å². The number of rotatable bonds is 9. The molecule has 0 amide bonds. The van der Waals surface area contributed by atoms with Gasteiger partial charge in [-0.3, -0.25) is 4.79 Å². The SMILES string of the molecule is CCCCSc1nc(-c2ccccc2)[nH]c(=O)c1[P+](c1ccccc1)(c1ccccc1)c1ccccc1.[I-]. The van der Waals surface area contributed by atoms with Gasteiger partial charge < -0.3 is 29.0 Å². The molecule has 0 spiro atoms. The van der Waals surface area contributed by atoms with Crippen molar-refractivity contribution >= 4 is 40.2 Å². The van der Waals surface area contributed by atoms with E-state index in [1.54, 1.807) is 11.8 Å². The molecule has 0 radical (unpaired) electrons. The zero-order chi connectivity index (χ0) is 25.5. The van der Waals surface area contributed by atoms with Gasteiger partial charge in [-0.15, -0.1) is 11.8 Å². The largest absolute Gasteiger partial charge is 1.00 e. The summed E-state index contributed by atoms with van der Waals surface area (Å²) in [6.45, 7) is 2.19. The molecule has 5 aromatic rings. The number of H-pyrrole nitrogens is 1. The molecule has 0 saturated heterocycles. The molecule has 0 bridgehead atoms. The van der Waals surface area contributed by atoms with Crippen molar-refractivity contribution in [1.82, 2.24) is 9.97 Å². The van der Waals surface area contributed by atoms with E-state index < -0.39 is 7.26 Å². The van der Waals surface area contributed by atoms with E-state index in [0.29, 0.717) is 5.82 Å². The van der Waals surface area contributed by atoms with Crippen LogP contribution in [-0.2, 0) is 0 Å². The van der Waals surface area contributed by atoms with Gasteiger partial charge in [0.25, 0.3) is 5.56 Å². The highest BCUT2D eigenvalue weighted by molar-refractivity contribution is 8.04. The van der Waals surface area contributed by atoms with E-state index in [0.717, 1.165) is 50.4 Å². The zero-order valence-electron chi connectivity index (χ0n) is 21.3. The number of halogens is 1. The summed E-state index contributed by atoms with van der Waals surface area (Å²) in [5.41, 5.74) is 0.837. The Kier molecular flexibility index (Phi) is 9.95. The summed E-state index contributed by atoms with van der Waals surface area (Å²) in [5.74, 6) is 1.52. The number of nitrogens with one attached hydrogen (secondary N) is 1. The van der Waals surface area contributed by atoms with Crippen molar-refractivity contribution in [2.45, 2.75) is 24.8 Å². The highest BCUT2D eigenvalue weighted by atomic mass is 127. The lowest BCUT2D eigenvalue weighted by atomic mass is 10.2. The summed E-state index contributed by atoms with van der Waals surface area (Å²) < 4.78 is 0. The van der Waals surface area contributed by atoms with Gasteiger partial charge in [0.05, 0.1) is 0 Å². The van der Waals surface area contributed by atoms with Crippen molar-refractivity contribution in [1.29, 1.82) is 0 Å². The average Bonchev–Trinajstić information content (AvgIpc) is 2.97. The smallest absolute Gasteiger partial charge is 0.296 e. The minimum atomic E-state index is -2.57. The van der Waals surface area contributed by atoms with Crippen LogP contribution in [-0.4, -0.2) is 15.7 Å². The molecule has 192 valence electrons. The Bertz CT molecular complexity index is 1400. The molecule has 1 aromatic heterocycles. The fourth-order valence-corrected chi connectivity index (χ4v) is 10.5. The van der Waals surface area contributed by atoms with Gasteiger partial charge in [0.2, 0.25) is 5.30 Å². The molecule has 3 nitrogen and oxygen atoms in total. The lowest BCUT2D eigenvalue weighted by Gasteiger charge is -2.28. The fourth-order valence-electron chi connectivity index (χ4n) is 4.68. The Balaban J connectivity index is 0.00000336. The van der Waals surface area contributed by atoms with Crippen LogP contribution in [0.1, 0.15) is 19.8 Å². The predicted octanol–water partition coefficient (Wildman–Crippen LogP) is 2.95. The number of aromatic nitrogens is 2. The molecule has 0 aliphatic carbocycles. The van der Waals surface area contributed by atoms with E-state index in [2.05, 4.69) is 84.7 Å². The van der Waals surface area contributed by atoms with Crippen LogP contribution in [0.2, 0.25) is 0 Å². The first-order valence-electron chi connectivity index (χ1n) is 12.6. The standard InChI is InChI=1S/C32H29N2OPS.HI/c1-2-3-24-37-32-29(31(35)33-30(34-32)25-16-8-4-9-17-25)36(26-18-10-5-11-19-26,27-20-12-6-13-21-27)28-22-14-7-15-23-28;/h4-23H,2-3,24H2,1H3;1H.